The zero-order valence-corrected chi connectivity index (χ0v) is 22.6. The number of aromatic nitrogens is 3. The number of halogens is 3. The number of anilines is 1. The lowest BCUT2D eigenvalue weighted by Gasteiger charge is -2.41. The third-order valence-electron chi connectivity index (χ3n) is 6.46. The van der Waals surface area contributed by atoms with Crippen LogP contribution in [0, 0.1) is 17.1 Å². The molecular formula is C27H25Cl2FN6O2. The van der Waals surface area contributed by atoms with Crippen LogP contribution in [-0.4, -0.2) is 57.5 Å². The molecule has 4 aromatic rings. The summed E-state index contributed by atoms with van der Waals surface area (Å²) in [5, 5.41) is 19.2. The molecule has 0 spiro atoms. The van der Waals surface area contributed by atoms with Crippen molar-refractivity contribution < 1.29 is 13.9 Å². The first-order chi connectivity index (χ1) is 18.1. The quantitative estimate of drug-likeness (QED) is 0.307. The number of H-pyrrole nitrogens is 1. The second kappa shape index (κ2) is 9.93. The van der Waals surface area contributed by atoms with Crippen molar-refractivity contribution in [3.8, 4) is 17.3 Å². The Labute approximate surface area is 228 Å². The van der Waals surface area contributed by atoms with Crippen LogP contribution in [0.15, 0.2) is 36.5 Å². The van der Waals surface area contributed by atoms with Gasteiger partial charge in [0.1, 0.15) is 16.8 Å². The Balaban J connectivity index is 1.49. The first-order valence-corrected chi connectivity index (χ1v) is 12.9. The number of nitrogens with zero attached hydrogens (tertiary/aromatic N) is 5. The van der Waals surface area contributed by atoms with Crippen LogP contribution in [0.25, 0.3) is 32.9 Å². The molecule has 196 valence electrons. The number of aromatic amines is 1. The smallest absolute Gasteiger partial charge is 0.410 e. The van der Waals surface area contributed by atoms with Gasteiger partial charge in [-0.15, -0.1) is 0 Å². The molecule has 1 fully saturated rings. The lowest BCUT2D eigenvalue weighted by molar-refractivity contribution is 0.0145. The molecule has 0 unspecified atom stereocenters. The van der Waals surface area contributed by atoms with E-state index in [2.05, 4.69) is 21.3 Å². The minimum atomic E-state index is -0.648. The predicted octanol–water partition coefficient (Wildman–Crippen LogP) is 6.56. The first-order valence-electron chi connectivity index (χ1n) is 12.1. The van der Waals surface area contributed by atoms with Gasteiger partial charge in [-0.05, 0) is 32.2 Å². The van der Waals surface area contributed by atoms with E-state index >= 15 is 4.39 Å². The molecule has 0 radical (unpaired) electrons. The van der Waals surface area contributed by atoms with Crippen molar-refractivity contribution in [3.05, 3.63) is 52.4 Å². The number of amides is 1. The fourth-order valence-electron chi connectivity index (χ4n) is 4.76. The highest BCUT2D eigenvalue weighted by atomic mass is 35.5. The summed E-state index contributed by atoms with van der Waals surface area (Å²) in [5.41, 5.74) is 0.196. The molecule has 1 aliphatic rings. The summed E-state index contributed by atoms with van der Waals surface area (Å²) in [7, 11) is 0. The maximum atomic E-state index is 15.9. The number of pyridine rings is 1. The Bertz CT molecular complexity index is 1590. The van der Waals surface area contributed by atoms with Crippen molar-refractivity contribution in [3.63, 3.8) is 0 Å². The Morgan fingerprint density at radius 2 is 2.05 bits per heavy atom. The first kappa shape index (κ1) is 26.0. The number of nitrogens with one attached hydrogen (secondary N) is 1. The second-order valence-electron chi connectivity index (χ2n) is 10.2. The van der Waals surface area contributed by atoms with Gasteiger partial charge < -0.3 is 14.5 Å². The summed E-state index contributed by atoms with van der Waals surface area (Å²) in [6.07, 6.45) is 1.23. The third kappa shape index (κ3) is 4.70. The summed E-state index contributed by atoms with van der Waals surface area (Å²) in [6.45, 7) is 6.50. The van der Waals surface area contributed by atoms with Crippen molar-refractivity contribution in [1.29, 1.82) is 5.26 Å². The van der Waals surface area contributed by atoms with E-state index in [1.807, 2.05) is 23.1 Å². The molecule has 1 atom stereocenters. The Hall–Kier alpha value is -3.61. The lowest BCUT2D eigenvalue weighted by Crippen LogP contribution is -2.56. The molecule has 11 heteroatoms. The van der Waals surface area contributed by atoms with Crippen LogP contribution in [0.1, 0.15) is 27.2 Å². The van der Waals surface area contributed by atoms with Gasteiger partial charge in [-0.25, -0.2) is 9.18 Å². The number of rotatable bonds is 3. The molecular weight excluding hydrogens is 530 g/mol. The average molecular weight is 555 g/mol. The maximum absolute atomic E-state index is 15.9. The highest BCUT2D eigenvalue weighted by molar-refractivity contribution is 6.46. The van der Waals surface area contributed by atoms with Crippen LogP contribution in [0.2, 0.25) is 10.0 Å². The van der Waals surface area contributed by atoms with Crippen LogP contribution in [0.4, 0.5) is 15.0 Å². The molecule has 38 heavy (non-hydrogen) atoms. The normalized spacial score (nSPS) is 16.2. The van der Waals surface area contributed by atoms with E-state index in [-0.39, 0.29) is 17.6 Å². The van der Waals surface area contributed by atoms with E-state index in [1.54, 1.807) is 44.0 Å². The number of hydrogen-bond donors (Lipinski definition) is 1. The number of carbonyl (C=O) groups is 1. The van der Waals surface area contributed by atoms with E-state index in [0.29, 0.717) is 51.8 Å². The van der Waals surface area contributed by atoms with Crippen LogP contribution in [0.3, 0.4) is 0 Å². The summed E-state index contributed by atoms with van der Waals surface area (Å²) in [6, 6.07) is 10.7. The zero-order valence-electron chi connectivity index (χ0n) is 21.1. The number of piperazine rings is 1. The van der Waals surface area contributed by atoms with Crippen LogP contribution in [0.5, 0.6) is 0 Å². The van der Waals surface area contributed by atoms with Crippen LogP contribution >= 0.6 is 23.2 Å². The SMILES string of the molecule is CC(C)(C)OC(=O)N1CCN(c2n[nH]c3c(F)c(-c4cccc5ccc(Cl)c(Cl)c45)ncc23)C[C@@H]1CC#N. The zero-order chi connectivity index (χ0) is 27.2. The molecule has 1 N–H and O–H groups in total. The molecule has 0 aliphatic carbocycles. The summed E-state index contributed by atoms with van der Waals surface area (Å²) in [4.78, 5) is 20.7. The Kier molecular flexibility index (Phi) is 6.80. The molecule has 2 aromatic carbocycles. The van der Waals surface area contributed by atoms with E-state index < -0.39 is 23.6 Å². The van der Waals surface area contributed by atoms with Crippen molar-refractivity contribution in [2.75, 3.05) is 24.5 Å². The molecule has 0 saturated carbocycles. The highest BCUT2D eigenvalue weighted by Crippen LogP contribution is 2.39. The number of nitriles is 1. The number of ether oxygens (including phenoxy) is 1. The van der Waals surface area contributed by atoms with Gasteiger partial charge in [0.05, 0.1) is 34.0 Å². The van der Waals surface area contributed by atoms with Gasteiger partial charge in [0.2, 0.25) is 0 Å². The number of benzene rings is 2. The van der Waals surface area contributed by atoms with Gasteiger partial charge in [-0.3, -0.25) is 10.1 Å². The van der Waals surface area contributed by atoms with Gasteiger partial charge in [0.15, 0.2) is 11.6 Å². The van der Waals surface area contributed by atoms with Crippen molar-refractivity contribution in [1.82, 2.24) is 20.1 Å². The van der Waals surface area contributed by atoms with Crippen LogP contribution in [-0.2, 0) is 4.74 Å². The predicted molar refractivity (Wildman–Crippen MR) is 146 cm³/mol. The largest absolute Gasteiger partial charge is 0.444 e. The fourth-order valence-corrected chi connectivity index (χ4v) is 5.19. The summed E-state index contributed by atoms with van der Waals surface area (Å²) in [5.74, 6) is -0.0607. The third-order valence-corrected chi connectivity index (χ3v) is 7.27. The molecule has 3 heterocycles. The van der Waals surface area contributed by atoms with Crippen molar-refractivity contribution in [2.24, 2.45) is 0 Å². The van der Waals surface area contributed by atoms with Gasteiger partial charge in [-0.1, -0.05) is 47.5 Å². The number of fused-ring (bicyclic) bond motifs is 2. The lowest BCUT2D eigenvalue weighted by atomic mass is 10.0. The topological polar surface area (TPSA) is 98.1 Å². The minimum Gasteiger partial charge on any atom is -0.444 e. The molecule has 5 rings (SSSR count). The van der Waals surface area contributed by atoms with E-state index in [1.165, 1.54) is 0 Å². The highest BCUT2D eigenvalue weighted by Gasteiger charge is 2.35. The monoisotopic (exact) mass is 554 g/mol. The Morgan fingerprint density at radius 3 is 2.79 bits per heavy atom. The molecule has 0 bridgehead atoms. The molecule has 1 aliphatic heterocycles. The summed E-state index contributed by atoms with van der Waals surface area (Å²) < 4.78 is 21.4. The standard InChI is InChI=1S/C27H25Cl2FN6O2/c1-27(2,3)38-26(37)36-12-11-35(14-16(36)9-10-31)25-18-13-32-23(22(30)24(18)33-34-25)17-6-4-5-15-7-8-19(28)21(29)20(15)17/h4-8,13,16H,9,11-12,14H2,1-3H3,(H,33,34)/t16-/m0/s1. The number of carbonyl (C=O) groups excluding carboxylic acids is 1. The minimum absolute atomic E-state index is 0.124. The van der Waals surface area contributed by atoms with E-state index in [4.69, 9.17) is 27.9 Å². The van der Waals surface area contributed by atoms with Gasteiger partial charge in [-0.2, -0.15) is 10.4 Å². The molecule has 2 aromatic heterocycles. The second-order valence-corrected chi connectivity index (χ2v) is 10.9. The number of hydrogen-bond acceptors (Lipinski definition) is 6. The van der Waals surface area contributed by atoms with E-state index in [9.17, 15) is 10.1 Å². The van der Waals surface area contributed by atoms with Crippen molar-refractivity contribution in [2.45, 2.75) is 38.8 Å². The van der Waals surface area contributed by atoms with Gasteiger partial charge in [0.25, 0.3) is 0 Å². The van der Waals surface area contributed by atoms with Gasteiger partial charge in [0, 0.05) is 36.8 Å². The fraction of sp³-hybridized carbons (Fsp3) is 0.333. The average Bonchev–Trinajstić information content (AvgIpc) is 3.30. The molecule has 8 nitrogen and oxygen atoms in total. The van der Waals surface area contributed by atoms with Gasteiger partial charge >= 0.3 is 6.09 Å². The van der Waals surface area contributed by atoms with E-state index in [0.717, 1.165) is 5.39 Å². The Morgan fingerprint density at radius 1 is 1.26 bits per heavy atom. The van der Waals surface area contributed by atoms with Crippen molar-refractivity contribution >= 4 is 56.8 Å². The molecule has 1 amide bonds. The molecule has 1 saturated heterocycles. The summed E-state index contributed by atoms with van der Waals surface area (Å²) >= 11 is 12.7. The van der Waals surface area contributed by atoms with Crippen LogP contribution < -0.4 is 4.90 Å². The maximum Gasteiger partial charge on any atom is 0.410 e.